The van der Waals surface area contributed by atoms with E-state index in [9.17, 15) is 48.6 Å². The fourth-order valence-electron chi connectivity index (χ4n) is 14.9. The van der Waals surface area contributed by atoms with Crippen LogP contribution in [0, 0.1) is 11.8 Å². The predicted octanol–water partition coefficient (Wildman–Crippen LogP) is 4.10. The van der Waals surface area contributed by atoms with E-state index in [4.69, 9.17) is 5.73 Å². The number of nitrogens with zero attached hydrogens (tertiary/aromatic N) is 5. The summed E-state index contributed by atoms with van der Waals surface area (Å²) in [6.45, 7) is 8.75. The highest BCUT2D eigenvalue weighted by Crippen LogP contribution is 2.25. The molecule has 0 unspecified atom stereocenters. The van der Waals surface area contributed by atoms with Crippen molar-refractivity contribution in [2.45, 2.75) is 185 Å². The minimum absolute atomic E-state index is 0.0570. The second kappa shape index (κ2) is 47.8. The Labute approximate surface area is 738 Å². The van der Waals surface area contributed by atoms with Crippen molar-refractivity contribution in [3.8, 4) is 11.5 Å². The normalized spacial score (nSPS) is 22.2. The molecule has 33 heteroatoms. The maximum atomic E-state index is 15.5. The summed E-state index contributed by atoms with van der Waals surface area (Å²) in [5, 5.41) is 43.6. The minimum Gasteiger partial charge on any atom is -0.508 e. The van der Waals surface area contributed by atoms with Crippen molar-refractivity contribution in [1.29, 1.82) is 0 Å². The topological polar surface area (TPSA) is 451 Å². The number of amides is 14. The summed E-state index contributed by atoms with van der Waals surface area (Å²) in [5.74, 6) is -13.8. The number of carbonyl (C=O) groups excluding carboxylic acids is 15. The fraction of sp³-hybridized carbons (Fsp3) is 0.430. The quantitative estimate of drug-likeness (QED) is 0.0454. The van der Waals surface area contributed by atoms with Crippen LogP contribution in [0.1, 0.15) is 113 Å². The average molecular weight is 1750 g/mol. The molecule has 11 atom stereocenters. The van der Waals surface area contributed by atoms with Gasteiger partial charge in [-0.3, -0.25) is 71.9 Å². The molecule has 1 fully saturated rings. The molecule has 8 rings (SSSR count). The number of primary amides is 1. The smallest absolute Gasteiger partial charge is 0.246 e. The number of nitrogens with one attached hydrogen (secondary N) is 9. The number of thioether (sulfide) groups is 1. The maximum absolute atomic E-state index is 15.5. The molecule has 32 nitrogen and oxygen atoms in total. The third-order valence-corrected chi connectivity index (χ3v) is 23.1. The van der Waals surface area contributed by atoms with Gasteiger partial charge in [-0.1, -0.05) is 181 Å². The average Bonchev–Trinajstić information content (AvgIpc) is 1.30. The van der Waals surface area contributed by atoms with Crippen LogP contribution in [0.5, 0.6) is 11.5 Å². The number of hydrogen-bond donors (Lipinski definition) is 12. The van der Waals surface area contributed by atoms with Crippen molar-refractivity contribution < 1.29 is 82.1 Å². The lowest BCUT2D eigenvalue weighted by atomic mass is 9.98. The van der Waals surface area contributed by atoms with Gasteiger partial charge in [0.25, 0.3) is 0 Å². The number of H-pyrrole nitrogens is 1. The van der Waals surface area contributed by atoms with Gasteiger partial charge in [0.2, 0.25) is 82.7 Å². The van der Waals surface area contributed by atoms with Crippen LogP contribution in [0.25, 0.3) is 10.9 Å². The second-order valence-electron chi connectivity index (χ2n) is 32.9. The highest BCUT2D eigenvalue weighted by atomic mass is 32.2. The van der Waals surface area contributed by atoms with Gasteiger partial charge in [0, 0.05) is 109 Å². The Hall–Kier alpha value is -12.9. The maximum Gasteiger partial charge on any atom is 0.246 e. The number of phenols is 2. The molecule has 6 aromatic carbocycles. The molecule has 0 bridgehead atoms. The summed E-state index contributed by atoms with van der Waals surface area (Å²) < 4.78 is 0. The van der Waals surface area contributed by atoms with Crippen LogP contribution in [-0.4, -0.2) is 254 Å². The highest BCUT2D eigenvalue weighted by Gasteiger charge is 2.42. The third-order valence-electron chi connectivity index (χ3n) is 22.1. The molecule has 1 aliphatic heterocycles. The molecule has 13 N–H and O–H groups in total. The second-order valence-corrected chi connectivity index (χ2v) is 33.9. The summed E-state index contributed by atoms with van der Waals surface area (Å²) in [6, 6.07) is 29.4. The van der Waals surface area contributed by atoms with Gasteiger partial charge in [-0.25, -0.2) is 0 Å². The van der Waals surface area contributed by atoms with Gasteiger partial charge in [0.15, 0.2) is 5.78 Å². The summed E-state index contributed by atoms with van der Waals surface area (Å²) in [6.07, 6.45) is 0.811. The van der Waals surface area contributed by atoms with Crippen LogP contribution in [0.4, 0.5) is 0 Å². The summed E-state index contributed by atoms with van der Waals surface area (Å²) in [7, 11) is 6.85. The number of benzene rings is 6. The van der Waals surface area contributed by atoms with Crippen LogP contribution in [0.15, 0.2) is 170 Å². The van der Waals surface area contributed by atoms with Gasteiger partial charge in [-0.15, -0.1) is 11.8 Å². The zero-order valence-corrected chi connectivity index (χ0v) is 74.0. The Bertz CT molecular complexity index is 4920. The lowest BCUT2D eigenvalue weighted by Crippen LogP contribution is -2.60. The number of carbonyl (C=O) groups is 15. The highest BCUT2D eigenvalue weighted by molar-refractivity contribution is 8.00. The number of para-hydroxylation sites is 1. The van der Waals surface area contributed by atoms with E-state index in [1.54, 1.807) is 149 Å². The molecule has 1 saturated heterocycles. The van der Waals surface area contributed by atoms with Crippen molar-refractivity contribution in [2.75, 3.05) is 59.8 Å². The van der Waals surface area contributed by atoms with Gasteiger partial charge in [0.05, 0.1) is 24.9 Å². The van der Waals surface area contributed by atoms with Crippen LogP contribution < -0.4 is 48.3 Å². The summed E-state index contributed by atoms with van der Waals surface area (Å²) >= 11 is 0.890. The van der Waals surface area contributed by atoms with Crippen molar-refractivity contribution in [1.82, 2.24) is 72.0 Å². The number of aromatic hydroxyl groups is 2. The summed E-state index contributed by atoms with van der Waals surface area (Å²) in [5.41, 5.74) is 9.44. The molecule has 0 radical (unpaired) electrons. The zero-order chi connectivity index (χ0) is 92.0. The van der Waals surface area contributed by atoms with E-state index in [0.29, 0.717) is 57.1 Å². The molecule has 7 aromatic rings. The molecule has 1 aliphatic rings. The van der Waals surface area contributed by atoms with Gasteiger partial charge < -0.3 is 88.0 Å². The minimum atomic E-state index is -1.57. The van der Waals surface area contributed by atoms with Crippen molar-refractivity contribution in [3.63, 3.8) is 0 Å². The number of ketones is 1. The number of likely N-dealkylation sites (N-methyl/N-ethyl adjacent to an activating group) is 5. The molecular formula is C93H119N15O17S. The lowest BCUT2D eigenvalue weighted by Gasteiger charge is -2.37. The first kappa shape index (κ1) is 98.5. The van der Waals surface area contributed by atoms with Gasteiger partial charge >= 0.3 is 0 Å². The number of hydrogen-bond acceptors (Lipinski definition) is 18. The van der Waals surface area contributed by atoms with Crippen LogP contribution in [0.3, 0.4) is 0 Å². The molecular weight excluding hydrogens is 1630 g/mol. The molecule has 126 heavy (non-hydrogen) atoms. The van der Waals surface area contributed by atoms with E-state index in [2.05, 4.69) is 47.5 Å². The number of nitrogens with two attached hydrogens (primary N) is 1. The number of phenolic OH excluding ortho intramolecular Hbond substituents is 2. The van der Waals surface area contributed by atoms with Gasteiger partial charge in [-0.05, 0) is 95.3 Å². The Morgan fingerprint density at radius 2 is 0.897 bits per heavy atom. The van der Waals surface area contributed by atoms with Gasteiger partial charge in [0.1, 0.15) is 71.9 Å². The van der Waals surface area contributed by atoms with Crippen LogP contribution >= 0.6 is 11.8 Å². The monoisotopic (exact) mass is 1750 g/mol. The first-order valence-corrected chi connectivity index (χ1v) is 43.5. The number of aromatic amines is 1. The van der Waals surface area contributed by atoms with Crippen molar-refractivity contribution in [3.05, 3.63) is 203 Å². The number of fused-ring (bicyclic) bond motifs is 1. The SMILES string of the molecule is CCCC[C@H]1C(=O)N(C)CC(=O)N[C@@H](C)C(=O)N[C@@H](C(C)C)C(=O)N(C)[C@@H](Cc2ccccc2)C(=O)N[C@@H](Cc2ccc(O)cc2)C(=O)N(C)CC(=O)N[C@@H](Cc2c[nH]c3ccccc23)C(=O)N[C@@H](Cc2ccc(O)cc2)C(=O)N[C@@H](CC(C)C)C(=O)N[C@H](C(=O)CCC(N)=O)CSCC(=O)N[C@@H](Cc2ccccc2)C(=O)N(C)[C@@H](Cc2ccccc2)C(=O)N1C. The Morgan fingerprint density at radius 1 is 0.444 bits per heavy atom. The zero-order valence-electron chi connectivity index (χ0n) is 73.2. The Balaban J connectivity index is 1.19. The van der Waals surface area contributed by atoms with E-state index in [0.717, 1.165) is 26.5 Å². The van der Waals surface area contributed by atoms with E-state index in [1.807, 2.05) is 6.92 Å². The number of unbranched alkanes of at least 4 members (excludes halogenated alkanes) is 1. The third kappa shape index (κ3) is 29.4. The summed E-state index contributed by atoms with van der Waals surface area (Å²) in [4.78, 5) is 230. The number of rotatable bonds is 22. The molecule has 0 spiro atoms. The molecule has 2 heterocycles. The molecule has 14 amide bonds. The molecule has 1 aromatic heterocycles. The Kier molecular flexibility index (Phi) is 37.4. The van der Waals surface area contributed by atoms with E-state index in [-0.39, 0.29) is 74.5 Å². The van der Waals surface area contributed by atoms with Crippen LogP contribution in [0.2, 0.25) is 0 Å². The standard InChI is InChI=1S/C93H119N15O17S/c1-12-13-33-75-91(123)105(8)52-80(113)96-58(6)84(116)103-83(57(4)5)93(125)107(10)76(48-60-27-19-15-20-28-60)88(120)101-72(47-63-36-40-66(110)41-37-63)89(121)104(7)53-81(114)97-71(50-64-51-95-68-32-24-23-31-67(64)68)87(119)100-70(45-62-34-38-65(109)39-35-62)86(118)99-69(44-56(2)3)85(117)102-74(78(111)42-43-79(94)112)54-126-55-82(115)98-73(46-59-25-17-14-18-26-59)90(122)108(11)77(92(124)106(75)9)49-61-29-21-16-22-30-61/h14-32,34-41,51,56-58,69-77,83,95,109-110H,12-13,33,42-50,52-55H2,1-11H3,(H2,94,112)(H,96,113)(H,97,114)(H,98,115)(H,99,118)(H,100,119)(H,101,120)(H,102,117)(H,103,116)/t58-,69-,70-,71-,72-,73-,74-,75-,76-,77-,83-/m0/s1. The fourth-order valence-corrected chi connectivity index (χ4v) is 15.7. The first-order chi connectivity index (χ1) is 60.0. The number of Topliss-reactive ketones (excluding diaryl/α,β-unsaturated/α-hetero) is 1. The van der Waals surface area contributed by atoms with Crippen molar-refractivity contribution >= 4 is 111 Å². The lowest BCUT2D eigenvalue weighted by molar-refractivity contribution is -0.151. The predicted molar refractivity (Wildman–Crippen MR) is 477 cm³/mol. The van der Waals surface area contributed by atoms with Gasteiger partial charge in [-0.2, -0.15) is 0 Å². The van der Waals surface area contributed by atoms with E-state index < -0.39 is 193 Å². The van der Waals surface area contributed by atoms with E-state index >= 15 is 33.6 Å². The molecule has 0 saturated carbocycles. The molecule has 674 valence electrons. The molecule has 0 aliphatic carbocycles. The largest absolute Gasteiger partial charge is 0.508 e. The van der Waals surface area contributed by atoms with Crippen molar-refractivity contribution in [2.24, 2.45) is 17.6 Å². The first-order valence-electron chi connectivity index (χ1n) is 42.3. The van der Waals surface area contributed by atoms with Crippen LogP contribution in [-0.2, 0) is 110 Å². The van der Waals surface area contributed by atoms with E-state index in [1.165, 1.54) is 100 Å². The Morgan fingerprint density at radius 3 is 1.44 bits per heavy atom. The number of aromatic nitrogens is 1.